The van der Waals surface area contributed by atoms with Crippen molar-refractivity contribution >= 4 is 29.3 Å². The standard InChI is InChI=1S/C33H44N2O6S/c1-7-8-9-10-21-14-25(37)28(23-13-18(4)11-12-22(23)17(2)3)26(15-21)41-33(42)34-16-24-19(5)29-27(20(6)36)31(38)35(29)30(24)32(39)40/h13-15,19-20,22-23,27,29,36-37H,2,7-12,16H2,1,3-6H3,(H,34,42)(H,39,40)/t19-,20+,22-,23+,27+,29+/m0/s1. The number of nitrogens with one attached hydrogen (secondary N) is 1. The van der Waals surface area contributed by atoms with Crippen LogP contribution in [-0.4, -0.2) is 56.0 Å². The van der Waals surface area contributed by atoms with Crippen molar-refractivity contribution in [3.63, 3.8) is 0 Å². The number of rotatable bonds is 11. The van der Waals surface area contributed by atoms with Crippen molar-refractivity contribution in [3.05, 3.63) is 58.3 Å². The molecule has 0 spiro atoms. The SMILES string of the molecule is C=C(C)[C@@H]1CCC(C)=C[C@H]1c1c(O)cc(CCCCC)cc1OC(=S)NCC1=C(C(=O)O)N2C(=O)[C@H]([C@@H](C)O)[C@H]2[C@H]1C. The van der Waals surface area contributed by atoms with Gasteiger partial charge in [-0.25, -0.2) is 4.79 Å². The Morgan fingerprint density at radius 2 is 2.02 bits per heavy atom. The first-order valence-corrected chi connectivity index (χ1v) is 15.4. The fourth-order valence-corrected chi connectivity index (χ4v) is 7.06. The Bertz CT molecular complexity index is 1330. The number of carboxylic acid groups (broad SMARTS) is 1. The van der Waals surface area contributed by atoms with Crippen LogP contribution >= 0.6 is 12.2 Å². The van der Waals surface area contributed by atoms with Crippen LogP contribution in [0.15, 0.2) is 47.2 Å². The number of hydrogen-bond acceptors (Lipinski definition) is 6. The number of aliphatic carboxylic acids is 1. The zero-order valence-electron chi connectivity index (χ0n) is 25.3. The molecule has 1 amide bonds. The summed E-state index contributed by atoms with van der Waals surface area (Å²) in [6.07, 6.45) is 7.16. The van der Waals surface area contributed by atoms with Crippen LogP contribution in [0, 0.1) is 17.8 Å². The van der Waals surface area contributed by atoms with E-state index in [1.165, 1.54) is 10.5 Å². The molecule has 0 bridgehead atoms. The van der Waals surface area contributed by atoms with E-state index in [0.29, 0.717) is 16.9 Å². The van der Waals surface area contributed by atoms with Crippen LogP contribution < -0.4 is 10.1 Å². The largest absolute Gasteiger partial charge is 0.507 e. The molecule has 2 heterocycles. The minimum atomic E-state index is -1.19. The third-order valence-corrected chi connectivity index (χ3v) is 9.33. The number of hydrogen-bond donors (Lipinski definition) is 4. The highest BCUT2D eigenvalue weighted by molar-refractivity contribution is 7.80. The number of fused-ring (bicyclic) bond motifs is 1. The fraction of sp³-hybridized carbons (Fsp3) is 0.545. The summed E-state index contributed by atoms with van der Waals surface area (Å²) in [6, 6.07) is 3.37. The fourth-order valence-electron chi connectivity index (χ4n) is 6.90. The van der Waals surface area contributed by atoms with Crippen molar-refractivity contribution in [2.45, 2.75) is 91.2 Å². The first-order chi connectivity index (χ1) is 19.9. The predicted molar refractivity (Wildman–Crippen MR) is 166 cm³/mol. The summed E-state index contributed by atoms with van der Waals surface area (Å²) in [5, 5.41) is 34.5. The molecule has 0 radical (unpaired) electrons. The highest BCUT2D eigenvalue weighted by atomic mass is 32.1. The summed E-state index contributed by atoms with van der Waals surface area (Å²) in [7, 11) is 0. The van der Waals surface area contributed by atoms with E-state index in [-0.39, 0.29) is 46.8 Å². The van der Waals surface area contributed by atoms with E-state index >= 15 is 0 Å². The van der Waals surface area contributed by atoms with Crippen LogP contribution in [-0.2, 0) is 16.0 Å². The number of phenolic OH excluding ortho intramolecular Hbond substituents is 1. The molecule has 1 fully saturated rings. The molecule has 228 valence electrons. The van der Waals surface area contributed by atoms with Gasteiger partial charge in [0.1, 0.15) is 17.2 Å². The van der Waals surface area contributed by atoms with E-state index < -0.39 is 24.0 Å². The Hall–Kier alpha value is -3.17. The number of thiocarbonyl (C=S) groups is 1. The molecule has 4 N–H and O–H groups in total. The molecular weight excluding hydrogens is 552 g/mol. The lowest BCUT2D eigenvalue weighted by Crippen LogP contribution is -2.63. The van der Waals surface area contributed by atoms with Gasteiger partial charge in [-0.1, -0.05) is 50.5 Å². The van der Waals surface area contributed by atoms with E-state index in [4.69, 9.17) is 17.0 Å². The average Bonchev–Trinajstić information content (AvgIpc) is 3.15. The lowest BCUT2D eigenvalue weighted by Gasteiger charge is -2.46. The Labute approximate surface area is 254 Å². The van der Waals surface area contributed by atoms with Gasteiger partial charge in [0, 0.05) is 23.9 Å². The molecule has 1 saturated heterocycles. The van der Waals surface area contributed by atoms with E-state index in [0.717, 1.165) is 49.7 Å². The smallest absolute Gasteiger partial charge is 0.352 e. The van der Waals surface area contributed by atoms with Gasteiger partial charge < -0.3 is 30.3 Å². The van der Waals surface area contributed by atoms with Gasteiger partial charge in [-0.15, -0.1) is 0 Å². The van der Waals surface area contributed by atoms with E-state index in [9.17, 15) is 24.9 Å². The zero-order valence-corrected chi connectivity index (χ0v) is 26.1. The van der Waals surface area contributed by atoms with Gasteiger partial charge in [0.25, 0.3) is 5.17 Å². The van der Waals surface area contributed by atoms with Crippen molar-refractivity contribution in [3.8, 4) is 11.5 Å². The number of phenols is 1. The summed E-state index contributed by atoms with van der Waals surface area (Å²) in [4.78, 5) is 26.1. The van der Waals surface area contributed by atoms with Crippen LogP contribution in [0.1, 0.15) is 83.8 Å². The number of unbranched alkanes of at least 4 members (excludes halogenated alkanes) is 2. The van der Waals surface area contributed by atoms with Gasteiger partial charge in [-0.2, -0.15) is 0 Å². The van der Waals surface area contributed by atoms with Crippen molar-refractivity contribution in [2.24, 2.45) is 17.8 Å². The van der Waals surface area contributed by atoms with Gasteiger partial charge in [-0.05, 0) is 87.9 Å². The van der Waals surface area contributed by atoms with Crippen LogP contribution in [0.2, 0.25) is 0 Å². The minimum Gasteiger partial charge on any atom is -0.507 e. The average molecular weight is 597 g/mol. The lowest BCUT2D eigenvalue weighted by atomic mass is 9.73. The van der Waals surface area contributed by atoms with Crippen LogP contribution in [0.4, 0.5) is 0 Å². The summed E-state index contributed by atoms with van der Waals surface area (Å²) in [5.41, 5.74) is 4.37. The molecule has 2 aliphatic heterocycles. The number of aliphatic hydroxyl groups is 1. The number of allylic oxidation sites excluding steroid dienone is 3. The Morgan fingerprint density at radius 1 is 1.31 bits per heavy atom. The molecule has 1 aliphatic carbocycles. The molecule has 4 rings (SSSR count). The second kappa shape index (κ2) is 13.0. The van der Waals surface area contributed by atoms with Gasteiger partial charge in [-0.3, -0.25) is 4.79 Å². The van der Waals surface area contributed by atoms with Crippen molar-refractivity contribution in [2.75, 3.05) is 6.54 Å². The second-order valence-electron chi connectivity index (χ2n) is 12.2. The number of carboxylic acids is 1. The van der Waals surface area contributed by atoms with Crippen molar-refractivity contribution < 1.29 is 29.6 Å². The third kappa shape index (κ3) is 6.13. The maximum absolute atomic E-state index is 12.7. The number of aryl methyl sites for hydroxylation is 1. The van der Waals surface area contributed by atoms with Crippen LogP contribution in [0.25, 0.3) is 0 Å². The van der Waals surface area contributed by atoms with E-state index in [1.807, 2.05) is 26.0 Å². The molecule has 1 aromatic carbocycles. The molecule has 1 aromatic rings. The third-order valence-electron chi connectivity index (χ3n) is 9.11. The number of nitrogens with zero attached hydrogens (tertiary/aromatic N) is 1. The first-order valence-electron chi connectivity index (χ1n) is 15.0. The Kier molecular flexibility index (Phi) is 9.83. The maximum atomic E-state index is 12.7. The maximum Gasteiger partial charge on any atom is 0.352 e. The summed E-state index contributed by atoms with van der Waals surface area (Å²) in [6.45, 7) is 14.0. The second-order valence-corrected chi connectivity index (χ2v) is 12.6. The summed E-state index contributed by atoms with van der Waals surface area (Å²) < 4.78 is 6.24. The number of β-lactam (4-membered cyclic amide) rings is 1. The number of amides is 1. The molecule has 8 nitrogen and oxygen atoms in total. The van der Waals surface area contributed by atoms with Crippen LogP contribution in [0.5, 0.6) is 11.5 Å². The number of carbonyl (C=O) groups is 2. The number of ether oxygens (including phenoxy) is 1. The monoisotopic (exact) mass is 596 g/mol. The normalized spacial score (nSPS) is 25.9. The van der Waals surface area contributed by atoms with E-state index in [1.54, 1.807) is 6.92 Å². The minimum absolute atomic E-state index is 0.0434. The molecule has 9 heteroatoms. The topological polar surface area (TPSA) is 119 Å². The Morgan fingerprint density at radius 3 is 2.64 bits per heavy atom. The van der Waals surface area contributed by atoms with Crippen LogP contribution in [0.3, 0.4) is 0 Å². The molecule has 0 aromatic heterocycles. The van der Waals surface area contributed by atoms with Gasteiger partial charge >= 0.3 is 5.97 Å². The lowest BCUT2D eigenvalue weighted by molar-refractivity contribution is -0.163. The Balaban J connectivity index is 1.61. The van der Waals surface area contributed by atoms with E-state index in [2.05, 4.69) is 31.8 Å². The molecule has 6 atom stereocenters. The summed E-state index contributed by atoms with van der Waals surface area (Å²) >= 11 is 5.60. The first kappa shape index (κ1) is 31.8. The van der Waals surface area contributed by atoms with Crippen molar-refractivity contribution in [1.29, 1.82) is 0 Å². The van der Waals surface area contributed by atoms with Crippen molar-refractivity contribution in [1.82, 2.24) is 10.2 Å². The predicted octanol–water partition coefficient (Wildman–Crippen LogP) is 5.59. The highest BCUT2D eigenvalue weighted by Crippen LogP contribution is 2.48. The van der Waals surface area contributed by atoms with Gasteiger partial charge in [0.05, 0.1) is 18.1 Å². The molecular formula is C33H44N2O6S. The van der Waals surface area contributed by atoms with Gasteiger partial charge in [0.2, 0.25) is 5.91 Å². The number of aliphatic hydroxyl groups excluding tert-OH is 1. The number of carbonyl (C=O) groups excluding carboxylic acids is 1. The summed E-state index contributed by atoms with van der Waals surface area (Å²) in [5.74, 6) is -1.83. The molecule has 0 unspecified atom stereocenters. The number of benzene rings is 1. The highest BCUT2D eigenvalue weighted by Gasteiger charge is 2.59. The molecule has 0 saturated carbocycles. The zero-order chi connectivity index (χ0) is 30.9. The number of aromatic hydroxyl groups is 1. The molecule has 42 heavy (non-hydrogen) atoms. The van der Waals surface area contributed by atoms with Gasteiger partial charge in [0.15, 0.2) is 0 Å². The quantitative estimate of drug-likeness (QED) is 0.113. The molecule has 3 aliphatic rings.